The van der Waals surface area contributed by atoms with Crippen LogP contribution in [0.15, 0.2) is 5.16 Å². The molecule has 1 aromatic heterocycles. The largest absolute Gasteiger partial charge is 0.338 e. The number of sulfone groups is 1. The van der Waals surface area contributed by atoms with E-state index in [1.54, 1.807) is 4.90 Å². The minimum atomic E-state index is -3.00. The van der Waals surface area contributed by atoms with Gasteiger partial charge < -0.3 is 9.47 Å². The van der Waals surface area contributed by atoms with E-state index in [-0.39, 0.29) is 23.5 Å². The summed E-state index contributed by atoms with van der Waals surface area (Å²) in [7, 11) is -3.00. The maximum Gasteiger partial charge on any atom is 0.233 e. The van der Waals surface area contributed by atoms with Crippen LogP contribution in [0.25, 0.3) is 0 Å². The van der Waals surface area contributed by atoms with Gasteiger partial charge in [-0.1, -0.05) is 25.1 Å². The summed E-state index contributed by atoms with van der Waals surface area (Å²) in [6, 6.07) is 0.336. The van der Waals surface area contributed by atoms with Gasteiger partial charge in [0.25, 0.3) is 0 Å². The average Bonchev–Trinajstić information content (AvgIpc) is 3.56. The van der Waals surface area contributed by atoms with E-state index < -0.39 is 9.84 Å². The molecule has 0 radical (unpaired) electrons. The Morgan fingerprint density at radius 3 is 2.59 bits per heavy atom. The van der Waals surface area contributed by atoms with Crippen molar-refractivity contribution in [1.82, 2.24) is 19.7 Å². The van der Waals surface area contributed by atoms with E-state index in [1.807, 2.05) is 0 Å². The third-order valence-electron chi connectivity index (χ3n) is 5.59. The van der Waals surface area contributed by atoms with Crippen molar-refractivity contribution in [3.8, 4) is 0 Å². The SMILES string of the molecule is CCCCN(C(=O)CSc1nnc(C2CC2)n1C1CC1)C1CCS(=O)(=O)C1. The Morgan fingerprint density at radius 1 is 1.22 bits per heavy atom. The summed E-state index contributed by atoms with van der Waals surface area (Å²) >= 11 is 1.46. The molecule has 7 nitrogen and oxygen atoms in total. The van der Waals surface area contributed by atoms with Crippen LogP contribution in [0.2, 0.25) is 0 Å². The molecular formula is C18H28N4O3S2. The van der Waals surface area contributed by atoms with Gasteiger partial charge in [-0.05, 0) is 38.5 Å². The number of carbonyl (C=O) groups is 1. The molecule has 0 spiro atoms. The van der Waals surface area contributed by atoms with Crippen molar-refractivity contribution >= 4 is 27.5 Å². The molecule has 0 N–H and O–H groups in total. The molecule has 1 aromatic rings. The summed E-state index contributed by atoms with van der Waals surface area (Å²) in [6.45, 7) is 2.72. The molecule has 2 saturated carbocycles. The lowest BCUT2D eigenvalue weighted by atomic mass is 10.2. The van der Waals surface area contributed by atoms with Gasteiger partial charge in [0.1, 0.15) is 5.82 Å². The van der Waals surface area contributed by atoms with E-state index in [4.69, 9.17) is 0 Å². The minimum Gasteiger partial charge on any atom is -0.338 e. The highest BCUT2D eigenvalue weighted by molar-refractivity contribution is 7.99. The van der Waals surface area contributed by atoms with Crippen molar-refractivity contribution < 1.29 is 13.2 Å². The van der Waals surface area contributed by atoms with Crippen molar-refractivity contribution in [3.05, 3.63) is 5.82 Å². The van der Waals surface area contributed by atoms with Crippen LogP contribution >= 0.6 is 11.8 Å². The molecule has 3 aliphatic rings. The number of unbranched alkanes of at least 4 members (excludes halogenated alkanes) is 1. The fourth-order valence-corrected chi connectivity index (χ4v) is 6.38. The van der Waals surface area contributed by atoms with Crippen molar-refractivity contribution in [2.75, 3.05) is 23.8 Å². The minimum absolute atomic E-state index is 0.0221. The Bertz CT molecular complexity index is 800. The summed E-state index contributed by atoms with van der Waals surface area (Å²) in [5, 5.41) is 9.61. The second kappa shape index (κ2) is 7.73. The molecule has 150 valence electrons. The molecule has 4 rings (SSSR count). The van der Waals surface area contributed by atoms with Crippen LogP contribution in [0.1, 0.15) is 69.7 Å². The van der Waals surface area contributed by atoms with Gasteiger partial charge in [0.05, 0.1) is 17.3 Å². The summed E-state index contributed by atoms with van der Waals surface area (Å²) in [4.78, 5) is 14.7. The number of aromatic nitrogens is 3. The number of nitrogens with zero attached hydrogens (tertiary/aromatic N) is 4. The van der Waals surface area contributed by atoms with Crippen molar-refractivity contribution in [2.24, 2.45) is 0 Å². The zero-order valence-electron chi connectivity index (χ0n) is 15.8. The molecule has 2 heterocycles. The molecule has 2 aliphatic carbocycles. The highest BCUT2D eigenvalue weighted by Crippen LogP contribution is 2.46. The van der Waals surface area contributed by atoms with Crippen molar-refractivity contribution in [1.29, 1.82) is 0 Å². The van der Waals surface area contributed by atoms with Crippen molar-refractivity contribution in [2.45, 2.75) is 75.0 Å². The van der Waals surface area contributed by atoms with Gasteiger partial charge >= 0.3 is 0 Å². The normalized spacial score (nSPS) is 24.3. The number of hydrogen-bond acceptors (Lipinski definition) is 6. The summed E-state index contributed by atoms with van der Waals surface area (Å²) in [5.41, 5.74) is 0. The first kappa shape index (κ1) is 19.2. The zero-order chi connectivity index (χ0) is 19.0. The van der Waals surface area contributed by atoms with Crippen LogP contribution in [-0.2, 0) is 14.6 Å². The lowest BCUT2D eigenvalue weighted by molar-refractivity contribution is -0.130. The van der Waals surface area contributed by atoms with Gasteiger partial charge in [0.15, 0.2) is 15.0 Å². The van der Waals surface area contributed by atoms with Crippen molar-refractivity contribution in [3.63, 3.8) is 0 Å². The van der Waals surface area contributed by atoms with Gasteiger partial charge in [-0.25, -0.2) is 8.42 Å². The van der Waals surface area contributed by atoms with Crippen LogP contribution in [0.5, 0.6) is 0 Å². The van der Waals surface area contributed by atoms with Gasteiger partial charge in [0.2, 0.25) is 5.91 Å². The Kier molecular flexibility index (Phi) is 5.51. The summed E-state index contributed by atoms with van der Waals surface area (Å²) < 4.78 is 26.0. The Balaban J connectivity index is 1.42. The molecule has 1 atom stereocenters. The zero-order valence-corrected chi connectivity index (χ0v) is 17.5. The lowest BCUT2D eigenvalue weighted by Gasteiger charge is -2.28. The smallest absolute Gasteiger partial charge is 0.233 e. The van der Waals surface area contributed by atoms with Crippen LogP contribution in [0.4, 0.5) is 0 Å². The summed E-state index contributed by atoms with van der Waals surface area (Å²) in [6.07, 6.45) is 7.16. The number of thioether (sulfide) groups is 1. The molecule has 1 amide bonds. The molecule has 27 heavy (non-hydrogen) atoms. The topological polar surface area (TPSA) is 85.2 Å². The maximum atomic E-state index is 12.9. The monoisotopic (exact) mass is 412 g/mol. The van der Waals surface area contributed by atoms with Crippen LogP contribution in [0.3, 0.4) is 0 Å². The molecule has 0 bridgehead atoms. The lowest BCUT2D eigenvalue weighted by Crippen LogP contribution is -2.42. The van der Waals surface area contributed by atoms with E-state index in [2.05, 4.69) is 21.7 Å². The van der Waals surface area contributed by atoms with Crippen LogP contribution in [-0.4, -0.2) is 63.8 Å². The molecule has 1 unspecified atom stereocenters. The quantitative estimate of drug-likeness (QED) is 0.579. The van der Waals surface area contributed by atoms with E-state index in [0.29, 0.717) is 30.7 Å². The highest BCUT2D eigenvalue weighted by atomic mass is 32.2. The van der Waals surface area contributed by atoms with Gasteiger partial charge in [-0.15, -0.1) is 10.2 Å². The van der Waals surface area contributed by atoms with Crippen LogP contribution < -0.4 is 0 Å². The Hall–Kier alpha value is -1.09. The molecule has 1 saturated heterocycles. The van der Waals surface area contributed by atoms with E-state index in [0.717, 1.165) is 23.8 Å². The molecule has 9 heteroatoms. The second-order valence-corrected chi connectivity index (χ2v) is 11.2. The molecular weight excluding hydrogens is 384 g/mol. The van der Waals surface area contributed by atoms with E-state index in [9.17, 15) is 13.2 Å². The maximum absolute atomic E-state index is 12.9. The highest BCUT2D eigenvalue weighted by Gasteiger charge is 2.37. The van der Waals surface area contributed by atoms with Crippen LogP contribution in [0, 0.1) is 0 Å². The first-order chi connectivity index (χ1) is 13.0. The Morgan fingerprint density at radius 2 is 2.00 bits per heavy atom. The third-order valence-corrected chi connectivity index (χ3v) is 8.27. The first-order valence-electron chi connectivity index (χ1n) is 10.1. The number of rotatable bonds is 9. The number of amides is 1. The molecule has 3 fully saturated rings. The van der Waals surface area contributed by atoms with Gasteiger partial charge in [-0.2, -0.15) is 0 Å². The predicted molar refractivity (Wildman–Crippen MR) is 105 cm³/mol. The molecule has 0 aromatic carbocycles. The fourth-order valence-electron chi connectivity index (χ4n) is 3.75. The third kappa shape index (κ3) is 4.50. The fraction of sp³-hybridized carbons (Fsp3) is 0.833. The average molecular weight is 413 g/mol. The van der Waals surface area contributed by atoms with E-state index in [1.165, 1.54) is 37.4 Å². The number of carbonyl (C=O) groups excluding carboxylic acids is 1. The first-order valence-corrected chi connectivity index (χ1v) is 12.9. The predicted octanol–water partition coefficient (Wildman–Crippen LogP) is 2.40. The van der Waals surface area contributed by atoms with E-state index >= 15 is 0 Å². The molecule has 1 aliphatic heterocycles. The standard InChI is InChI=1S/C18H28N4O3S2/c1-2-3-9-21(15-8-10-27(24,25)12-15)16(23)11-26-18-20-19-17(13-4-5-13)22(18)14-6-7-14/h13-15H,2-12H2,1H3. The van der Waals surface area contributed by atoms with Gasteiger partial charge in [0, 0.05) is 24.5 Å². The number of hydrogen-bond donors (Lipinski definition) is 0. The Labute approximate surface area is 165 Å². The summed E-state index contributed by atoms with van der Waals surface area (Å²) in [5.74, 6) is 2.27. The second-order valence-electron chi connectivity index (χ2n) is 8.00. The van der Waals surface area contributed by atoms with Gasteiger partial charge in [-0.3, -0.25) is 4.79 Å².